The van der Waals surface area contributed by atoms with Gasteiger partial charge >= 0.3 is 0 Å². The molecule has 0 aromatic heterocycles. The summed E-state index contributed by atoms with van der Waals surface area (Å²) in [6, 6.07) is 5.77. The van der Waals surface area contributed by atoms with Gasteiger partial charge in [-0.3, -0.25) is 0 Å². The highest BCUT2D eigenvalue weighted by Crippen LogP contribution is 2.27. The standard InChI is InChI=1S/C13H17FN2O2S/c14-9-1-5-13(6-2-9)19(17,18)16-12-7-10-3-4-11(8-12)15-10/h1-2,5-6,10-12,15-16H,3-4,7-8H2. The maximum Gasteiger partial charge on any atom is 0.240 e. The molecule has 2 saturated heterocycles. The van der Waals surface area contributed by atoms with E-state index in [-0.39, 0.29) is 10.9 Å². The zero-order valence-corrected chi connectivity index (χ0v) is 11.3. The molecule has 0 spiro atoms. The molecule has 2 fully saturated rings. The highest BCUT2D eigenvalue weighted by molar-refractivity contribution is 7.89. The molecule has 1 aromatic carbocycles. The van der Waals surface area contributed by atoms with Crippen molar-refractivity contribution >= 4 is 10.0 Å². The molecule has 6 heteroatoms. The molecule has 2 aliphatic rings. The van der Waals surface area contributed by atoms with E-state index in [1.54, 1.807) is 0 Å². The van der Waals surface area contributed by atoms with Crippen molar-refractivity contribution in [3.63, 3.8) is 0 Å². The third kappa shape index (κ3) is 2.80. The van der Waals surface area contributed by atoms with Gasteiger partial charge in [-0.2, -0.15) is 0 Å². The minimum Gasteiger partial charge on any atom is -0.311 e. The Hall–Kier alpha value is -0.980. The van der Waals surface area contributed by atoms with Crippen LogP contribution in [0.5, 0.6) is 0 Å². The molecular weight excluding hydrogens is 267 g/mol. The van der Waals surface area contributed by atoms with Gasteiger partial charge in [0.2, 0.25) is 10.0 Å². The molecule has 2 heterocycles. The van der Waals surface area contributed by atoms with Gasteiger partial charge in [0, 0.05) is 18.1 Å². The van der Waals surface area contributed by atoms with Crippen molar-refractivity contribution in [1.29, 1.82) is 0 Å². The molecule has 2 atom stereocenters. The van der Waals surface area contributed by atoms with E-state index in [0.717, 1.165) is 25.7 Å². The number of nitrogens with one attached hydrogen (secondary N) is 2. The van der Waals surface area contributed by atoms with Gasteiger partial charge in [-0.1, -0.05) is 0 Å². The van der Waals surface area contributed by atoms with Crippen LogP contribution in [-0.4, -0.2) is 26.5 Å². The fraction of sp³-hybridized carbons (Fsp3) is 0.538. The average molecular weight is 284 g/mol. The maximum absolute atomic E-state index is 12.8. The molecule has 2 bridgehead atoms. The largest absolute Gasteiger partial charge is 0.311 e. The summed E-state index contributed by atoms with van der Waals surface area (Å²) >= 11 is 0. The third-order valence-corrected chi connectivity index (χ3v) is 5.46. The Morgan fingerprint density at radius 1 is 1.11 bits per heavy atom. The molecule has 0 saturated carbocycles. The molecule has 2 N–H and O–H groups in total. The van der Waals surface area contributed by atoms with Gasteiger partial charge in [-0.25, -0.2) is 17.5 Å². The lowest BCUT2D eigenvalue weighted by Gasteiger charge is -2.29. The van der Waals surface area contributed by atoms with Gasteiger partial charge in [-0.05, 0) is 49.9 Å². The lowest BCUT2D eigenvalue weighted by atomic mass is 10.0. The molecule has 0 radical (unpaired) electrons. The zero-order chi connectivity index (χ0) is 13.5. The van der Waals surface area contributed by atoms with Crippen molar-refractivity contribution in [3.8, 4) is 0 Å². The summed E-state index contributed by atoms with van der Waals surface area (Å²) in [5.41, 5.74) is 0. The molecule has 3 rings (SSSR count). The molecule has 1 aromatic rings. The number of sulfonamides is 1. The highest BCUT2D eigenvalue weighted by atomic mass is 32.2. The summed E-state index contributed by atoms with van der Waals surface area (Å²) in [6.45, 7) is 0. The van der Waals surface area contributed by atoms with Crippen molar-refractivity contribution in [2.75, 3.05) is 0 Å². The minimum atomic E-state index is -3.54. The van der Waals surface area contributed by atoms with Crippen LogP contribution in [0.2, 0.25) is 0 Å². The fourth-order valence-corrected chi connectivity index (χ4v) is 4.32. The fourth-order valence-electron chi connectivity index (χ4n) is 3.05. The first-order valence-electron chi connectivity index (χ1n) is 6.57. The van der Waals surface area contributed by atoms with E-state index >= 15 is 0 Å². The molecule has 104 valence electrons. The Balaban J connectivity index is 1.73. The van der Waals surface area contributed by atoms with E-state index in [4.69, 9.17) is 0 Å². The van der Waals surface area contributed by atoms with Crippen molar-refractivity contribution in [2.45, 2.75) is 48.7 Å². The van der Waals surface area contributed by atoms with Gasteiger partial charge in [-0.15, -0.1) is 0 Å². The number of fused-ring (bicyclic) bond motifs is 2. The second-order valence-corrected chi connectivity index (χ2v) is 7.10. The topological polar surface area (TPSA) is 58.2 Å². The maximum atomic E-state index is 12.8. The Morgan fingerprint density at radius 3 is 2.26 bits per heavy atom. The summed E-state index contributed by atoms with van der Waals surface area (Å²) < 4.78 is 39.9. The Labute approximate surface area is 112 Å². The summed E-state index contributed by atoms with van der Waals surface area (Å²) in [6.07, 6.45) is 3.91. The second-order valence-electron chi connectivity index (χ2n) is 5.38. The summed E-state index contributed by atoms with van der Waals surface area (Å²) in [4.78, 5) is 0.125. The molecular formula is C13H17FN2O2S. The van der Waals surface area contributed by atoms with Crippen LogP contribution in [0.4, 0.5) is 4.39 Å². The lowest BCUT2D eigenvalue weighted by Crippen LogP contribution is -2.47. The predicted molar refractivity (Wildman–Crippen MR) is 69.7 cm³/mol. The van der Waals surface area contributed by atoms with Crippen LogP contribution in [0.1, 0.15) is 25.7 Å². The molecule has 0 amide bonds. The van der Waals surface area contributed by atoms with Crippen LogP contribution in [-0.2, 0) is 10.0 Å². The predicted octanol–water partition coefficient (Wildman–Crippen LogP) is 1.39. The van der Waals surface area contributed by atoms with E-state index in [9.17, 15) is 12.8 Å². The first kappa shape index (κ1) is 13.0. The van der Waals surface area contributed by atoms with Crippen LogP contribution >= 0.6 is 0 Å². The lowest BCUT2D eigenvalue weighted by molar-refractivity contribution is 0.345. The van der Waals surface area contributed by atoms with E-state index in [2.05, 4.69) is 10.0 Å². The Bertz CT molecular complexity index is 547. The van der Waals surface area contributed by atoms with Crippen molar-refractivity contribution < 1.29 is 12.8 Å². The van der Waals surface area contributed by atoms with E-state index in [1.165, 1.54) is 24.3 Å². The third-order valence-electron chi connectivity index (χ3n) is 3.92. The Kier molecular flexibility index (Phi) is 3.32. The molecule has 4 nitrogen and oxygen atoms in total. The summed E-state index contributed by atoms with van der Waals surface area (Å²) in [5.74, 6) is -0.432. The summed E-state index contributed by atoms with van der Waals surface area (Å²) in [7, 11) is -3.54. The summed E-state index contributed by atoms with van der Waals surface area (Å²) in [5, 5.41) is 3.47. The van der Waals surface area contributed by atoms with Crippen molar-refractivity contribution in [3.05, 3.63) is 30.1 Å². The smallest absolute Gasteiger partial charge is 0.240 e. The number of rotatable bonds is 3. The van der Waals surface area contributed by atoms with E-state index < -0.39 is 15.8 Å². The first-order valence-corrected chi connectivity index (χ1v) is 8.05. The van der Waals surface area contributed by atoms with Crippen LogP contribution in [0, 0.1) is 5.82 Å². The quantitative estimate of drug-likeness (QED) is 0.882. The second kappa shape index (κ2) is 4.85. The monoisotopic (exact) mass is 284 g/mol. The Morgan fingerprint density at radius 2 is 1.68 bits per heavy atom. The van der Waals surface area contributed by atoms with Gasteiger partial charge in [0.25, 0.3) is 0 Å². The SMILES string of the molecule is O=S(=O)(NC1CC2CCC(C1)N2)c1ccc(F)cc1. The van der Waals surface area contributed by atoms with Gasteiger partial charge < -0.3 is 5.32 Å². The van der Waals surface area contributed by atoms with Gasteiger partial charge in [0.15, 0.2) is 0 Å². The van der Waals surface area contributed by atoms with Crippen molar-refractivity contribution in [2.24, 2.45) is 0 Å². The van der Waals surface area contributed by atoms with E-state index in [0.29, 0.717) is 12.1 Å². The van der Waals surface area contributed by atoms with Crippen LogP contribution in [0.15, 0.2) is 29.2 Å². The van der Waals surface area contributed by atoms with Crippen LogP contribution in [0.25, 0.3) is 0 Å². The number of halogens is 1. The van der Waals surface area contributed by atoms with Gasteiger partial charge in [0.1, 0.15) is 5.82 Å². The molecule has 2 aliphatic heterocycles. The van der Waals surface area contributed by atoms with Crippen LogP contribution in [0.3, 0.4) is 0 Å². The van der Waals surface area contributed by atoms with Crippen molar-refractivity contribution in [1.82, 2.24) is 10.0 Å². The number of piperidine rings is 1. The zero-order valence-electron chi connectivity index (χ0n) is 10.5. The number of hydrogen-bond acceptors (Lipinski definition) is 3. The first-order chi connectivity index (χ1) is 9.03. The number of hydrogen-bond donors (Lipinski definition) is 2. The normalized spacial score (nSPS) is 30.5. The highest BCUT2D eigenvalue weighted by Gasteiger charge is 2.35. The molecule has 0 aliphatic carbocycles. The van der Waals surface area contributed by atoms with E-state index in [1.807, 2.05) is 0 Å². The van der Waals surface area contributed by atoms with Crippen LogP contribution < -0.4 is 10.0 Å². The number of benzene rings is 1. The molecule has 19 heavy (non-hydrogen) atoms. The van der Waals surface area contributed by atoms with Gasteiger partial charge in [0.05, 0.1) is 4.90 Å². The minimum absolute atomic E-state index is 0.0196. The molecule has 2 unspecified atom stereocenters. The average Bonchev–Trinajstić information content (AvgIpc) is 2.69.